The van der Waals surface area contributed by atoms with Crippen LogP contribution in [0.2, 0.25) is 0 Å². The van der Waals surface area contributed by atoms with E-state index in [0.29, 0.717) is 11.8 Å². The molecule has 1 aromatic rings. The number of alkyl halides is 1. The normalized spacial score (nSPS) is 10.6. The van der Waals surface area contributed by atoms with Gasteiger partial charge in [-0.2, -0.15) is 0 Å². The lowest BCUT2D eigenvalue weighted by Crippen LogP contribution is -2.19. The Morgan fingerprint density at radius 2 is 2.06 bits per heavy atom. The maximum atomic E-state index is 5.74. The van der Waals surface area contributed by atoms with Crippen LogP contribution in [-0.2, 0) is 0 Å². The van der Waals surface area contributed by atoms with Crippen molar-refractivity contribution in [1.82, 2.24) is 0 Å². The van der Waals surface area contributed by atoms with Crippen molar-refractivity contribution in [2.75, 3.05) is 31.5 Å². The van der Waals surface area contributed by atoms with Crippen molar-refractivity contribution < 1.29 is 4.74 Å². The molecule has 0 saturated carbocycles. The van der Waals surface area contributed by atoms with E-state index in [0.717, 1.165) is 12.3 Å². The van der Waals surface area contributed by atoms with Crippen molar-refractivity contribution in [3.05, 3.63) is 23.8 Å². The second-order valence-corrected chi connectivity index (χ2v) is 4.57. The lowest BCUT2D eigenvalue weighted by Gasteiger charge is -2.21. The minimum Gasteiger partial charge on any atom is -0.496 e. The first-order chi connectivity index (χ1) is 7.60. The molecule has 0 saturated heterocycles. The molecular weight excluding hydrogens is 222 g/mol. The number of halogens is 1. The van der Waals surface area contributed by atoms with Crippen molar-refractivity contribution in [3.8, 4) is 5.75 Å². The molecule has 0 aliphatic rings. The molecule has 90 valence electrons. The Labute approximate surface area is 103 Å². The van der Waals surface area contributed by atoms with Crippen molar-refractivity contribution in [2.45, 2.75) is 19.8 Å². The van der Waals surface area contributed by atoms with Gasteiger partial charge in [-0.3, -0.25) is 0 Å². The van der Waals surface area contributed by atoms with E-state index in [1.54, 1.807) is 7.11 Å². The van der Waals surface area contributed by atoms with Crippen molar-refractivity contribution in [3.63, 3.8) is 0 Å². The third-order valence-electron chi connectivity index (χ3n) is 2.70. The molecule has 0 atom stereocenters. The predicted molar refractivity (Wildman–Crippen MR) is 71.1 cm³/mol. The van der Waals surface area contributed by atoms with Gasteiger partial charge >= 0.3 is 0 Å². The van der Waals surface area contributed by atoms with Crippen molar-refractivity contribution >= 4 is 17.3 Å². The smallest absolute Gasteiger partial charge is 0.122 e. The number of nitrogens with zero attached hydrogens (tertiary/aromatic N) is 1. The first-order valence-electron chi connectivity index (χ1n) is 5.55. The SMILES string of the molecule is COc1ccc(N(C)CCCl)cc1C(C)C. The molecule has 0 fully saturated rings. The molecule has 3 heteroatoms. The van der Waals surface area contributed by atoms with E-state index >= 15 is 0 Å². The van der Waals surface area contributed by atoms with E-state index in [9.17, 15) is 0 Å². The number of methoxy groups -OCH3 is 1. The summed E-state index contributed by atoms with van der Waals surface area (Å²) in [5, 5.41) is 0. The van der Waals surface area contributed by atoms with Gasteiger partial charge in [-0.1, -0.05) is 13.8 Å². The van der Waals surface area contributed by atoms with Crippen LogP contribution in [0.25, 0.3) is 0 Å². The van der Waals surface area contributed by atoms with Crippen LogP contribution in [0.15, 0.2) is 18.2 Å². The summed E-state index contributed by atoms with van der Waals surface area (Å²) in [5.74, 6) is 2.05. The zero-order chi connectivity index (χ0) is 12.1. The number of hydrogen-bond donors (Lipinski definition) is 0. The second kappa shape index (κ2) is 6.00. The Morgan fingerprint density at radius 3 is 2.56 bits per heavy atom. The second-order valence-electron chi connectivity index (χ2n) is 4.19. The fourth-order valence-electron chi connectivity index (χ4n) is 1.67. The van der Waals surface area contributed by atoms with Crippen LogP contribution in [0.4, 0.5) is 5.69 Å². The molecular formula is C13H20ClNO. The molecule has 0 N–H and O–H groups in total. The fourth-order valence-corrected chi connectivity index (χ4v) is 1.92. The maximum absolute atomic E-state index is 5.74. The number of rotatable bonds is 5. The summed E-state index contributed by atoms with van der Waals surface area (Å²) < 4.78 is 5.36. The molecule has 0 aliphatic carbocycles. The highest BCUT2D eigenvalue weighted by Crippen LogP contribution is 2.30. The van der Waals surface area contributed by atoms with Crippen molar-refractivity contribution in [2.24, 2.45) is 0 Å². The van der Waals surface area contributed by atoms with Gasteiger partial charge in [0.25, 0.3) is 0 Å². The fraction of sp³-hybridized carbons (Fsp3) is 0.538. The predicted octanol–water partition coefficient (Wildman–Crippen LogP) is 3.49. The van der Waals surface area contributed by atoms with Crippen LogP contribution in [-0.4, -0.2) is 26.6 Å². The average Bonchev–Trinajstić information content (AvgIpc) is 2.28. The molecule has 0 spiro atoms. The molecule has 1 rings (SSSR count). The third-order valence-corrected chi connectivity index (χ3v) is 2.87. The van der Waals surface area contributed by atoms with Crippen LogP contribution < -0.4 is 9.64 Å². The summed E-state index contributed by atoms with van der Waals surface area (Å²) >= 11 is 5.74. The van der Waals surface area contributed by atoms with Gasteiger partial charge in [-0.25, -0.2) is 0 Å². The highest BCUT2D eigenvalue weighted by Gasteiger charge is 2.09. The molecule has 0 unspecified atom stereocenters. The summed E-state index contributed by atoms with van der Waals surface area (Å²) in [5.41, 5.74) is 2.42. The van der Waals surface area contributed by atoms with Gasteiger partial charge in [-0.15, -0.1) is 11.6 Å². The Hall–Kier alpha value is -0.890. The molecule has 0 aromatic heterocycles. The summed E-state index contributed by atoms with van der Waals surface area (Å²) in [7, 11) is 3.76. The standard InChI is InChI=1S/C13H20ClNO/c1-10(2)12-9-11(15(3)8-7-14)5-6-13(12)16-4/h5-6,9-10H,7-8H2,1-4H3. The summed E-state index contributed by atoms with van der Waals surface area (Å²) in [6, 6.07) is 6.27. The summed E-state index contributed by atoms with van der Waals surface area (Å²) in [4.78, 5) is 2.15. The summed E-state index contributed by atoms with van der Waals surface area (Å²) in [6.07, 6.45) is 0. The van der Waals surface area contributed by atoms with Crippen molar-refractivity contribution in [1.29, 1.82) is 0 Å². The van der Waals surface area contributed by atoms with Crippen LogP contribution >= 0.6 is 11.6 Å². The molecule has 0 radical (unpaired) electrons. The molecule has 2 nitrogen and oxygen atoms in total. The van der Waals surface area contributed by atoms with Gasteiger partial charge in [0.05, 0.1) is 7.11 Å². The molecule has 0 amide bonds. The number of benzene rings is 1. The Balaban J connectivity index is 3.01. The quantitative estimate of drug-likeness (QED) is 0.732. The van der Waals surface area contributed by atoms with Gasteiger partial charge in [-0.05, 0) is 29.7 Å². The van der Waals surface area contributed by atoms with E-state index in [1.165, 1.54) is 11.3 Å². The maximum Gasteiger partial charge on any atom is 0.122 e. The molecule has 16 heavy (non-hydrogen) atoms. The molecule has 0 heterocycles. The topological polar surface area (TPSA) is 12.5 Å². The number of anilines is 1. The van der Waals surface area contributed by atoms with Gasteiger partial charge < -0.3 is 9.64 Å². The van der Waals surface area contributed by atoms with Crippen LogP contribution in [0.1, 0.15) is 25.3 Å². The monoisotopic (exact) mass is 241 g/mol. The van der Waals surface area contributed by atoms with Crippen LogP contribution in [0.5, 0.6) is 5.75 Å². The van der Waals surface area contributed by atoms with E-state index in [4.69, 9.17) is 16.3 Å². The molecule has 1 aromatic carbocycles. The minimum absolute atomic E-state index is 0.458. The molecule has 0 aliphatic heterocycles. The van der Waals surface area contributed by atoms with Gasteiger partial charge in [0.15, 0.2) is 0 Å². The van der Waals surface area contributed by atoms with Crippen LogP contribution in [0.3, 0.4) is 0 Å². The Bertz CT molecular complexity index is 339. The highest BCUT2D eigenvalue weighted by atomic mass is 35.5. The first kappa shape index (κ1) is 13.2. The van der Waals surface area contributed by atoms with E-state index in [1.807, 2.05) is 13.1 Å². The van der Waals surface area contributed by atoms with Gasteiger partial charge in [0.1, 0.15) is 5.75 Å². The third kappa shape index (κ3) is 3.05. The van der Waals surface area contributed by atoms with E-state index < -0.39 is 0 Å². The Morgan fingerprint density at radius 1 is 1.38 bits per heavy atom. The molecule has 0 bridgehead atoms. The minimum atomic E-state index is 0.458. The zero-order valence-corrected chi connectivity index (χ0v) is 11.2. The summed E-state index contributed by atoms with van der Waals surface area (Å²) in [6.45, 7) is 5.19. The lowest BCUT2D eigenvalue weighted by molar-refractivity contribution is 0.407. The van der Waals surface area contributed by atoms with Gasteiger partial charge in [0.2, 0.25) is 0 Å². The lowest BCUT2D eigenvalue weighted by atomic mass is 10.0. The van der Waals surface area contributed by atoms with E-state index in [2.05, 4.69) is 30.9 Å². The number of hydrogen-bond acceptors (Lipinski definition) is 2. The van der Waals surface area contributed by atoms with Gasteiger partial charge in [0, 0.05) is 25.2 Å². The number of ether oxygens (including phenoxy) is 1. The van der Waals surface area contributed by atoms with Crippen LogP contribution in [0, 0.1) is 0 Å². The average molecular weight is 242 g/mol. The zero-order valence-electron chi connectivity index (χ0n) is 10.5. The largest absolute Gasteiger partial charge is 0.496 e. The van der Waals surface area contributed by atoms with E-state index in [-0.39, 0.29) is 0 Å². The first-order valence-corrected chi connectivity index (χ1v) is 6.08. The Kier molecular flexibility index (Phi) is 4.94. The highest BCUT2D eigenvalue weighted by molar-refractivity contribution is 6.18.